The van der Waals surface area contributed by atoms with Crippen molar-refractivity contribution in [3.63, 3.8) is 0 Å². The molecular formula is C11H20N2O4S. The molecule has 2 rings (SSSR count). The van der Waals surface area contributed by atoms with E-state index in [2.05, 4.69) is 0 Å². The summed E-state index contributed by atoms with van der Waals surface area (Å²) in [6.45, 7) is 2.47. The Balaban J connectivity index is 1.98. The van der Waals surface area contributed by atoms with Crippen molar-refractivity contribution in [2.75, 3.05) is 24.6 Å². The Bertz CT molecular complexity index is 423. The number of sulfone groups is 1. The average Bonchev–Trinajstić information content (AvgIpc) is 2.75. The lowest BCUT2D eigenvalue weighted by Crippen LogP contribution is -2.52. The predicted molar refractivity (Wildman–Crippen MR) is 66.8 cm³/mol. The van der Waals surface area contributed by atoms with E-state index < -0.39 is 15.9 Å². The summed E-state index contributed by atoms with van der Waals surface area (Å²) in [5.74, 6) is 0.00961. The summed E-state index contributed by atoms with van der Waals surface area (Å²) in [5, 5.41) is 0. The number of carbonyl (C=O) groups excluding carboxylic acids is 1. The van der Waals surface area contributed by atoms with E-state index in [4.69, 9.17) is 10.5 Å². The van der Waals surface area contributed by atoms with Gasteiger partial charge < -0.3 is 15.4 Å². The second-order valence-corrected chi connectivity index (χ2v) is 7.28. The van der Waals surface area contributed by atoms with Crippen molar-refractivity contribution in [3.8, 4) is 0 Å². The van der Waals surface area contributed by atoms with E-state index in [1.807, 2.05) is 0 Å². The van der Waals surface area contributed by atoms with E-state index in [1.54, 1.807) is 11.8 Å². The standard InChI is InChI=1S/C11H20N2O4S/c1-8-7-18(15,16)5-4-13(8)11(14)10-3-2-9(6-12)17-10/h8-10H,2-7,12H2,1H3. The lowest BCUT2D eigenvalue weighted by Gasteiger charge is -2.34. The smallest absolute Gasteiger partial charge is 0.252 e. The highest BCUT2D eigenvalue weighted by Crippen LogP contribution is 2.23. The van der Waals surface area contributed by atoms with Gasteiger partial charge in [-0.25, -0.2) is 8.42 Å². The van der Waals surface area contributed by atoms with Crippen LogP contribution in [0.1, 0.15) is 19.8 Å². The van der Waals surface area contributed by atoms with Crippen LogP contribution in [0.5, 0.6) is 0 Å². The molecule has 2 N–H and O–H groups in total. The third kappa shape index (κ3) is 2.84. The van der Waals surface area contributed by atoms with Crippen molar-refractivity contribution in [2.45, 2.75) is 38.0 Å². The summed E-state index contributed by atoms with van der Waals surface area (Å²) < 4.78 is 28.5. The van der Waals surface area contributed by atoms with Crippen molar-refractivity contribution < 1.29 is 17.9 Å². The van der Waals surface area contributed by atoms with Gasteiger partial charge in [0.05, 0.1) is 17.6 Å². The molecule has 7 heteroatoms. The molecule has 104 valence electrons. The van der Waals surface area contributed by atoms with Gasteiger partial charge in [0.15, 0.2) is 9.84 Å². The summed E-state index contributed by atoms with van der Waals surface area (Å²) in [6.07, 6.45) is 0.994. The van der Waals surface area contributed by atoms with Crippen LogP contribution in [-0.2, 0) is 19.4 Å². The molecule has 0 bridgehead atoms. The topological polar surface area (TPSA) is 89.7 Å². The molecule has 2 aliphatic heterocycles. The Morgan fingerprint density at radius 1 is 1.44 bits per heavy atom. The molecule has 0 saturated carbocycles. The second kappa shape index (κ2) is 5.14. The minimum atomic E-state index is -2.99. The van der Waals surface area contributed by atoms with Gasteiger partial charge in [-0.2, -0.15) is 0 Å². The zero-order chi connectivity index (χ0) is 13.3. The molecule has 6 nitrogen and oxygen atoms in total. The molecule has 3 unspecified atom stereocenters. The van der Waals surface area contributed by atoms with Gasteiger partial charge in [-0.3, -0.25) is 4.79 Å². The highest BCUT2D eigenvalue weighted by Gasteiger charge is 2.38. The second-order valence-electron chi connectivity index (χ2n) is 5.05. The van der Waals surface area contributed by atoms with Gasteiger partial charge in [0.1, 0.15) is 6.10 Å². The average molecular weight is 276 g/mol. The van der Waals surface area contributed by atoms with Gasteiger partial charge in [-0.05, 0) is 19.8 Å². The van der Waals surface area contributed by atoms with Gasteiger partial charge in [0.25, 0.3) is 5.91 Å². The van der Waals surface area contributed by atoms with E-state index in [9.17, 15) is 13.2 Å². The minimum Gasteiger partial charge on any atom is -0.364 e. The fourth-order valence-corrected chi connectivity index (χ4v) is 4.13. The molecule has 1 amide bonds. The van der Waals surface area contributed by atoms with E-state index >= 15 is 0 Å². The van der Waals surface area contributed by atoms with Crippen molar-refractivity contribution >= 4 is 15.7 Å². The molecule has 0 radical (unpaired) electrons. The van der Waals surface area contributed by atoms with Crippen LogP contribution >= 0.6 is 0 Å². The summed E-state index contributed by atoms with van der Waals surface area (Å²) in [7, 11) is -2.99. The number of hydrogen-bond acceptors (Lipinski definition) is 5. The normalized spacial score (nSPS) is 35.7. The summed E-state index contributed by atoms with van der Waals surface area (Å²) in [5.41, 5.74) is 5.51. The van der Waals surface area contributed by atoms with Crippen LogP contribution in [0.3, 0.4) is 0 Å². The van der Waals surface area contributed by atoms with E-state index in [0.717, 1.165) is 6.42 Å². The molecule has 0 aromatic rings. The van der Waals surface area contributed by atoms with Crippen LogP contribution in [0.2, 0.25) is 0 Å². The Morgan fingerprint density at radius 2 is 2.17 bits per heavy atom. The fraction of sp³-hybridized carbons (Fsp3) is 0.909. The molecule has 0 aromatic carbocycles. The number of ether oxygens (including phenoxy) is 1. The number of nitrogens with zero attached hydrogens (tertiary/aromatic N) is 1. The molecule has 2 aliphatic rings. The molecule has 3 atom stereocenters. The van der Waals surface area contributed by atoms with Crippen LogP contribution < -0.4 is 5.73 Å². The third-order valence-corrected chi connectivity index (χ3v) is 5.39. The molecular weight excluding hydrogens is 256 g/mol. The molecule has 2 saturated heterocycles. The molecule has 0 aliphatic carbocycles. The lowest BCUT2D eigenvalue weighted by molar-refractivity contribution is -0.144. The Labute approximate surface area is 107 Å². The summed E-state index contributed by atoms with van der Waals surface area (Å²) >= 11 is 0. The quantitative estimate of drug-likeness (QED) is 0.708. The van der Waals surface area contributed by atoms with Crippen LogP contribution in [0, 0.1) is 0 Å². The fourth-order valence-electron chi connectivity index (χ4n) is 2.57. The highest BCUT2D eigenvalue weighted by molar-refractivity contribution is 7.91. The lowest BCUT2D eigenvalue weighted by atomic mass is 10.1. The summed E-state index contributed by atoms with van der Waals surface area (Å²) in [6, 6.07) is -0.267. The van der Waals surface area contributed by atoms with Crippen LogP contribution in [-0.4, -0.2) is 62.1 Å². The van der Waals surface area contributed by atoms with Crippen LogP contribution in [0.4, 0.5) is 0 Å². The zero-order valence-electron chi connectivity index (χ0n) is 10.5. The maximum Gasteiger partial charge on any atom is 0.252 e. The monoisotopic (exact) mass is 276 g/mol. The van der Waals surface area contributed by atoms with Gasteiger partial charge in [-0.15, -0.1) is 0 Å². The van der Waals surface area contributed by atoms with E-state index in [-0.39, 0.29) is 36.1 Å². The van der Waals surface area contributed by atoms with E-state index in [1.165, 1.54) is 0 Å². The van der Waals surface area contributed by atoms with Crippen molar-refractivity contribution in [3.05, 3.63) is 0 Å². The van der Waals surface area contributed by atoms with Crippen molar-refractivity contribution in [2.24, 2.45) is 5.73 Å². The Morgan fingerprint density at radius 3 is 2.72 bits per heavy atom. The number of hydrogen-bond donors (Lipinski definition) is 1. The number of amides is 1. The summed E-state index contributed by atoms with van der Waals surface area (Å²) in [4.78, 5) is 13.9. The Kier molecular flexibility index (Phi) is 3.93. The first-order valence-electron chi connectivity index (χ1n) is 6.29. The van der Waals surface area contributed by atoms with Crippen molar-refractivity contribution in [1.82, 2.24) is 4.90 Å². The van der Waals surface area contributed by atoms with Crippen LogP contribution in [0.15, 0.2) is 0 Å². The van der Waals surface area contributed by atoms with Crippen molar-refractivity contribution in [1.29, 1.82) is 0 Å². The number of nitrogens with two attached hydrogens (primary N) is 1. The zero-order valence-corrected chi connectivity index (χ0v) is 11.4. The third-order valence-electron chi connectivity index (χ3n) is 3.60. The molecule has 0 spiro atoms. The van der Waals surface area contributed by atoms with E-state index in [0.29, 0.717) is 13.0 Å². The predicted octanol–water partition coefficient (Wildman–Crippen LogP) is -0.862. The first kappa shape index (κ1) is 13.8. The molecule has 2 heterocycles. The van der Waals surface area contributed by atoms with Crippen LogP contribution in [0.25, 0.3) is 0 Å². The van der Waals surface area contributed by atoms with Gasteiger partial charge in [0, 0.05) is 19.1 Å². The molecule has 0 aromatic heterocycles. The first-order valence-corrected chi connectivity index (χ1v) is 8.11. The molecule has 18 heavy (non-hydrogen) atoms. The largest absolute Gasteiger partial charge is 0.364 e. The van der Waals surface area contributed by atoms with Gasteiger partial charge in [-0.1, -0.05) is 0 Å². The SMILES string of the molecule is CC1CS(=O)(=O)CCN1C(=O)C1CCC(CN)O1. The molecule has 2 fully saturated rings. The highest BCUT2D eigenvalue weighted by atomic mass is 32.2. The van der Waals surface area contributed by atoms with Gasteiger partial charge in [0.2, 0.25) is 0 Å². The maximum absolute atomic E-state index is 12.2. The number of carbonyl (C=O) groups is 1. The maximum atomic E-state index is 12.2. The number of rotatable bonds is 2. The van der Waals surface area contributed by atoms with Gasteiger partial charge >= 0.3 is 0 Å². The Hall–Kier alpha value is -0.660. The minimum absolute atomic E-state index is 0.0391. The first-order chi connectivity index (χ1) is 8.43.